The van der Waals surface area contributed by atoms with Crippen LogP contribution in [0.3, 0.4) is 0 Å². The number of thiazole rings is 1. The van der Waals surface area contributed by atoms with Crippen molar-refractivity contribution in [3.05, 3.63) is 97.7 Å². The van der Waals surface area contributed by atoms with E-state index in [4.69, 9.17) is 25.8 Å². The molecule has 2 aromatic carbocycles. The molecule has 13 nitrogen and oxygen atoms in total. The van der Waals surface area contributed by atoms with Crippen molar-refractivity contribution in [1.82, 2.24) is 4.57 Å². The van der Waals surface area contributed by atoms with Gasteiger partial charge in [0.25, 0.3) is 16.9 Å². The number of nitro groups is 2. The van der Waals surface area contributed by atoms with Gasteiger partial charge in [0.15, 0.2) is 16.3 Å². The fourth-order valence-corrected chi connectivity index (χ4v) is 5.43. The van der Waals surface area contributed by atoms with Crippen LogP contribution in [-0.4, -0.2) is 34.3 Å². The Morgan fingerprint density at radius 3 is 2.53 bits per heavy atom. The number of hydrogen-bond donors (Lipinski definition) is 0. The topological polar surface area (TPSA) is 165 Å². The van der Waals surface area contributed by atoms with Crippen molar-refractivity contribution in [3.63, 3.8) is 0 Å². The molecule has 2 aliphatic heterocycles. The Hall–Kier alpha value is -4.56. The molecule has 0 radical (unpaired) electrons. The van der Waals surface area contributed by atoms with E-state index in [9.17, 15) is 29.8 Å². The lowest BCUT2D eigenvalue weighted by molar-refractivity contribution is -0.385. The van der Waals surface area contributed by atoms with Gasteiger partial charge >= 0.3 is 5.97 Å². The number of halogens is 1. The van der Waals surface area contributed by atoms with E-state index < -0.39 is 33.1 Å². The van der Waals surface area contributed by atoms with Crippen molar-refractivity contribution in [2.75, 3.05) is 13.9 Å². The van der Waals surface area contributed by atoms with Crippen LogP contribution in [-0.2, 0) is 9.53 Å². The quantitative estimate of drug-likeness (QED) is 0.260. The molecule has 0 aliphatic carbocycles. The molecule has 15 heteroatoms. The van der Waals surface area contributed by atoms with Crippen LogP contribution in [0.25, 0.3) is 6.08 Å². The first-order valence-electron chi connectivity index (χ1n) is 10.7. The maximum atomic E-state index is 13.7. The van der Waals surface area contributed by atoms with Gasteiger partial charge in [-0.2, -0.15) is 0 Å². The lowest BCUT2D eigenvalue weighted by atomic mass is 9.95. The van der Waals surface area contributed by atoms with Crippen molar-refractivity contribution < 1.29 is 28.9 Å². The van der Waals surface area contributed by atoms with Gasteiger partial charge in [-0.05, 0) is 30.7 Å². The number of benzene rings is 2. The Morgan fingerprint density at radius 2 is 1.87 bits per heavy atom. The highest BCUT2D eigenvalue weighted by Crippen LogP contribution is 2.38. The number of esters is 1. The summed E-state index contributed by atoms with van der Waals surface area (Å²) in [7, 11) is 1.16. The van der Waals surface area contributed by atoms with Gasteiger partial charge in [0.05, 0.1) is 50.4 Å². The molecule has 2 aliphatic rings. The Morgan fingerprint density at radius 1 is 1.18 bits per heavy atom. The van der Waals surface area contributed by atoms with E-state index in [0.717, 1.165) is 18.4 Å². The molecule has 0 fully saturated rings. The van der Waals surface area contributed by atoms with E-state index in [0.29, 0.717) is 0 Å². The van der Waals surface area contributed by atoms with Crippen LogP contribution in [0, 0.1) is 20.2 Å². The highest BCUT2D eigenvalue weighted by atomic mass is 35.5. The number of aromatic nitrogens is 1. The Labute approximate surface area is 220 Å². The highest BCUT2D eigenvalue weighted by molar-refractivity contribution is 7.07. The first-order valence-corrected chi connectivity index (χ1v) is 11.9. The summed E-state index contributed by atoms with van der Waals surface area (Å²) in [5, 5.41) is 23.1. The predicted molar refractivity (Wildman–Crippen MR) is 133 cm³/mol. The minimum absolute atomic E-state index is 0.00266. The number of rotatable bonds is 5. The molecule has 0 amide bonds. The number of nitrogens with zero attached hydrogens (tertiary/aromatic N) is 4. The molecule has 3 heterocycles. The van der Waals surface area contributed by atoms with Crippen LogP contribution in [0.2, 0.25) is 5.02 Å². The SMILES string of the molecule is COC(=O)C1=C(C)N=c2sc(=Cc3cc4c(cc3[N+](=O)[O-])OCO4)c(=O)n2C1c1ccc(Cl)c([N+](=O)[O-])c1. The van der Waals surface area contributed by atoms with E-state index in [2.05, 4.69) is 4.99 Å². The average Bonchev–Trinajstić information content (AvgIpc) is 3.46. The average molecular weight is 559 g/mol. The smallest absolute Gasteiger partial charge is 0.338 e. The molecule has 194 valence electrons. The van der Waals surface area contributed by atoms with Gasteiger partial charge in [-0.25, -0.2) is 9.79 Å². The van der Waals surface area contributed by atoms with Crippen molar-refractivity contribution in [2.24, 2.45) is 4.99 Å². The molecule has 1 unspecified atom stereocenters. The normalized spacial score (nSPS) is 16.2. The number of nitro benzene ring substituents is 2. The number of fused-ring (bicyclic) bond motifs is 2. The summed E-state index contributed by atoms with van der Waals surface area (Å²) in [4.78, 5) is 53.0. The number of methoxy groups -OCH3 is 1. The largest absolute Gasteiger partial charge is 0.466 e. The van der Waals surface area contributed by atoms with Gasteiger partial charge < -0.3 is 14.2 Å². The van der Waals surface area contributed by atoms with Crippen LogP contribution >= 0.6 is 22.9 Å². The zero-order valence-corrected chi connectivity index (χ0v) is 21.1. The number of ether oxygens (including phenoxy) is 3. The first kappa shape index (κ1) is 25.1. The number of hydrogen-bond acceptors (Lipinski definition) is 11. The fraction of sp³-hybridized carbons (Fsp3) is 0.174. The molecule has 1 aromatic heterocycles. The Kier molecular flexibility index (Phi) is 6.20. The second-order valence-corrected chi connectivity index (χ2v) is 9.48. The van der Waals surface area contributed by atoms with E-state index in [1.807, 2.05) is 0 Å². The Bertz CT molecular complexity index is 1780. The number of carbonyl (C=O) groups excluding carboxylic acids is 1. The third-order valence-corrected chi connectivity index (χ3v) is 7.22. The molecule has 5 rings (SSSR count). The summed E-state index contributed by atoms with van der Waals surface area (Å²) in [5.74, 6) is -0.294. The first-order chi connectivity index (χ1) is 18.1. The fourth-order valence-electron chi connectivity index (χ4n) is 4.21. The van der Waals surface area contributed by atoms with Crippen molar-refractivity contribution in [1.29, 1.82) is 0 Å². The van der Waals surface area contributed by atoms with Crippen LogP contribution in [0.4, 0.5) is 11.4 Å². The zero-order chi connectivity index (χ0) is 27.3. The Balaban J connectivity index is 1.77. The van der Waals surface area contributed by atoms with E-state index >= 15 is 0 Å². The van der Waals surface area contributed by atoms with E-state index in [1.54, 1.807) is 6.92 Å². The third kappa shape index (κ3) is 4.09. The lowest BCUT2D eigenvalue weighted by Gasteiger charge is -2.24. The van der Waals surface area contributed by atoms with Crippen molar-refractivity contribution in [3.8, 4) is 11.5 Å². The molecule has 0 spiro atoms. The second-order valence-electron chi connectivity index (χ2n) is 8.06. The third-order valence-electron chi connectivity index (χ3n) is 5.91. The minimum Gasteiger partial charge on any atom is -0.466 e. The number of allylic oxidation sites excluding steroid dienone is 1. The van der Waals surface area contributed by atoms with Gasteiger partial charge in [0.1, 0.15) is 5.02 Å². The standard InChI is InChI=1S/C23H15ClN4O9S/c1-10-19(22(30)35-2)20(11-3-4-13(24)15(5-11)28(33)34)26-21(29)18(38-23(26)25-10)7-12-6-16-17(37-9-36-16)8-14(12)27(31)32/h3-8,20H,9H2,1-2H3. The summed E-state index contributed by atoms with van der Waals surface area (Å²) in [6.45, 7) is 1.45. The molecular weight excluding hydrogens is 544 g/mol. The summed E-state index contributed by atoms with van der Waals surface area (Å²) in [6, 6.07) is 5.40. The molecule has 3 aromatic rings. The maximum absolute atomic E-state index is 13.7. The molecule has 0 saturated carbocycles. The van der Waals surface area contributed by atoms with Gasteiger partial charge in [0, 0.05) is 6.07 Å². The molecule has 0 saturated heterocycles. The van der Waals surface area contributed by atoms with Crippen LogP contribution in [0.1, 0.15) is 24.1 Å². The van der Waals surface area contributed by atoms with Crippen molar-refractivity contribution in [2.45, 2.75) is 13.0 Å². The highest BCUT2D eigenvalue weighted by Gasteiger charge is 2.34. The molecular formula is C23H15ClN4O9S. The minimum atomic E-state index is -1.14. The van der Waals surface area contributed by atoms with Gasteiger partial charge in [0.2, 0.25) is 6.79 Å². The van der Waals surface area contributed by atoms with Crippen LogP contribution in [0.5, 0.6) is 11.5 Å². The van der Waals surface area contributed by atoms with Gasteiger partial charge in [-0.3, -0.25) is 29.6 Å². The van der Waals surface area contributed by atoms with Crippen LogP contribution < -0.4 is 24.4 Å². The molecule has 38 heavy (non-hydrogen) atoms. The monoisotopic (exact) mass is 558 g/mol. The number of carbonyl (C=O) groups is 1. The lowest BCUT2D eigenvalue weighted by Crippen LogP contribution is -2.39. The zero-order valence-electron chi connectivity index (χ0n) is 19.5. The molecule has 0 N–H and O–H groups in total. The summed E-state index contributed by atoms with van der Waals surface area (Å²) in [5.41, 5.74) is -0.808. The predicted octanol–water partition coefficient (Wildman–Crippen LogP) is 2.61. The van der Waals surface area contributed by atoms with Crippen LogP contribution in [0.15, 0.2) is 51.4 Å². The molecule has 1 atom stereocenters. The summed E-state index contributed by atoms with van der Waals surface area (Å²) in [6.07, 6.45) is 1.32. The van der Waals surface area contributed by atoms with Gasteiger partial charge in [-0.15, -0.1) is 0 Å². The van der Waals surface area contributed by atoms with E-state index in [-0.39, 0.29) is 60.7 Å². The summed E-state index contributed by atoms with van der Waals surface area (Å²) >= 11 is 6.92. The van der Waals surface area contributed by atoms with E-state index in [1.165, 1.54) is 41.0 Å². The maximum Gasteiger partial charge on any atom is 0.338 e. The summed E-state index contributed by atoms with van der Waals surface area (Å²) < 4.78 is 16.7. The second kappa shape index (κ2) is 9.39. The molecule has 0 bridgehead atoms. The van der Waals surface area contributed by atoms with Crippen molar-refractivity contribution >= 4 is 46.4 Å². The van der Waals surface area contributed by atoms with Gasteiger partial charge in [-0.1, -0.05) is 29.0 Å².